The molecule has 0 aliphatic rings. The van der Waals surface area contributed by atoms with E-state index in [1.807, 2.05) is 41.8 Å². The van der Waals surface area contributed by atoms with Gasteiger partial charge in [0.25, 0.3) is 5.56 Å². The molecule has 6 nitrogen and oxygen atoms in total. The fraction of sp³-hybridized carbons (Fsp3) is 0.211. The summed E-state index contributed by atoms with van der Waals surface area (Å²) in [7, 11) is 3.67. The lowest BCUT2D eigenvalue weighted by molar-refractivity contribution is 0.244. The maximum Gasteiger partial charge on any atom is 0.262 e. The zero-order valence-electron chi connectivity index (χ0n) is 15.3. The van der Waals surface area contributed by atoms with Crippen LogP contribution in [0.15, 0.2) is 47.3 Å². The Kier molecular flexibility index (Phi) is 5.01. The number of hydrogen-bond donors (Lipinski definition) is 0. The van der Waals surface area contributed by atoms with Gasteiger partial charge in [0.15, 0.2) is 0 Å². The van der Waals surface area contributed by atoms with Gasteiger partial charge < -0.3 is 0 Å². The van der Waals surface area contributed by atoms with E-state index in [2.05, 4.69) is 10.00 Å². The second kappa shape index (κ2) is 7.33. The molecule has 144 valence electrons. The molecule has 0 aliphatic heterocycles. The highest BCUT2D eigenvalue weighted by atomic mass is 35.5. The lowest BCUT2D eigenvalue weighted by Crippen LogP contribution is -2.22. The first-order valence-corrected chi connectivity index (χ1v) is 9.73. The van der Waals surface area contributed by atoms with Crippen LogP contribution in [0.5, 0.6) is 0 Å². The molecule has 0 fully saturated rings. The van der Waals surface area contributed by atoms with E-state index in [0.717, 1.165) is 11.1 Å². The number of rotatable bonds is 4. The number of para-hydroxylation sites is 1. The summed E-state index contributed by atoms with van der Waals surface area (Å²) >= 11 is 17.7. The highest BCUT2D eigenvalue weighted by Crippen LogP contribution is 2.23. The van der Waals surface area contributed by atoms with Crippen LogP contribution in [0, 0.1) is 4.77 Å². The third-order valence-electron chi connectivity index (χ3n) is 4.61. The van der Waals surface area contributed by atoms with Crippen molar-refractivity contribution in [1.82, 2.24) is 23.6 Å². The molecule has 0 amide bonds. The van der Waals surface area contributed by atoms with E-state index in [-0.39, 0.29) is 5.56 Å². The summed E-state index contributed by atoms with van der Waals surface area (Å²) in [6.45, 7) is 1.11. The quantitative estimate of drug-likeness (QED) is 0.454. The van der Waals surface area contributed by atoms with Gasteiger partial charge in [0, 0.05) is 13.6 Å². The Bertz CT molecular complexity index is 1320. The molecule has 2 aromatic heterocycles. The molecule has 0 saturated heterocycles. The minimum absolute atomic E-state index is 0.0978. The van der Waals surface area contributed by atoms with Crippen LogP contribution in [-0.2, 0) is 20.3 Å². The van der Waals surface area contributed by atoms with Crippen molar-refractivity contribution in [2.45, 2.75) is 13.2 Å². The number of fused-ring (bicyclic) bond motifs is 3. The number of benzene rings is 2. The third kappa shape index (κ3) is 3.24. The topological polar surface area (TPSA) is 47.5 Å². The molecule has 0 aliphatic carbocycles. The number of nitrogens with zero attached hydrogens (tertiary/aromatic N) is 5. The van der Waals surface area contributed by atoms with Crippen LogP contribution in [0.2, 0.25) is 10.0 Å². The van der Waals surface area contributed by atoms with Crippen LogP contribution in [0.4, 0.5) is 0 Å². The van der Waals surface area contributed by atoms with Gasteiger partial charge in [0.05, 0.1) is 27.6 Å². The molecule has 9 heteroatoms. The van der Waals surface area contributed by atoms with Crippen molar-refractivity contribution in [3.05, 3.63) is 73.2 Å². The van der Waals surface area contributed by atoms with Crippen molar-refractivity contribution in [3.8, 4) is 0 Å². The third-order valence-corrected chi connectivity index (χ3v) is 5.75. The fourth-order valence-corrected chi connectivity index (χ4v) is 3.86. The van der Waals surface area contributed by atoms with Crippen LogP contribution >= 0.6 is 35.4 Å². The molecule has 0 atom stereocenters. The standard InChI is InChI=1S/C19H17Cl2N5OS/c1-23(10-12-7-8-14(20)15(21)9-12)11-25-19(28)26-16-6-4-3-5-13(16)17(27)24(2)18(26)22-25/h3-9H,10-11H2,1-2H3. The number of halogens is 2. The predicted octanol–water partition coefficient (Wildman–Crippen LogP) is 4.11. The Labute approximate surface area is 176 Å². The minimum atomic E-state index is -0.0978. The van der Waals surface area contributed by atoms with Gasteiger partial charge in [-0.15, -0.1) is 5.10 Å². The molecule has 2 aromatic carbocycles. The Morgan fingerprint density at radius 2 is 1.89 bits per heavy atom. The van der Waals surface area contributed by atoms with E-state index in [9.17, 15) is 4.79 Å². The number of hydrogen-bond acceptors (Lipinski definition) is 4. The minimum Gasteiger partial charge on any atom is -0.283 e. The highest BCUT2D eigenvalue weighted by Gasteiger charge is 2.14. The highest BCUT2D eigenvalue weighted by molar-refractivity contribution is 7.71. The van der Waals surface area contributed by atoms with E-state index in [0.29, 0.717) is 39.2 Å². The summed E-state index contributed by atoms with van der Waals surface area (Å²) in [5.74, 6) is 0.511. The smallest absolute Gasteiger partial charge is 0.262 e. The molecule has 4 rings (SSSR count). The van der Waals surface area contributed by atoms with Crippen molar-refractivity contribution < 1.29 is 0 Å². The first-order valence-electron chi connectivity index (χ1n) is 8.56. The Morgan fingerprint density at radius 1 is 1.14 bits per heavy atom. The molecular formula is C19H17Cl2N5OS. The summed E-state index contributed by atoms with van der Waals surface area (Å²) in [6, 6.07) is 13.0. The van der Waals surface area contributed by atoms with Crippen LogP contribution in [0.3, 0.4) is 0 Å². The Balaban J connectivity index is 1.73. The summed E-state index contributed by atoms with van der Waals surface area (Å²) in [4.78, 5) is 14.7. The first-order chi connectivity index (χ1) is 13.4. The number of aromatic nitrogens is 4. The van der Waals surface area contributed by atoms with E-state index < -0.39 is 0 Å². The van der Waals surface area contributed by atoms with Gasteiger partial charge in [-0.2, -0.15) is 0 Å². The molecule has 0 spiro atoms. The van der Waals surface area contributed by atoms with Crippen LogP contribution in [0.1, 0.15) is 5.56 Å². The van der Waals surface area contributed by atoms with Crippen LogP contribution < -0.4 is 5.56 Å². The second-order valence-corrected chi connectivity index (χ2v) is 7.88. The summed E-state index contributed by atoms with van der Waals surface area (Å²) in [5.41, 5.74) is 1.69. The van der Waals surface area contributed by atoms with Crippen molar-refractivity contribution >= 4 is 52.1 Å². The van der Waals surface area contributed by atoms with E-state index in [1.54, 1.807) is 23.9 Å². The molecule has 0 N–H and O–H groups in total. The largest absolute Gasteiger partial charge is 0.283 e. The molecular weight excluding hydrogens is 417 g/mol. The van der Waals surface area contributed by atoms with Gasteiger partial charge in [0.2, 0.25) is 10.5 Å². The first kappa shape index (κ1) is 19.1. The van der Waals surface area contributed by atoms with Crippen molar-refractivity contribution in [1.29, 1.82) is 0 Å². The van der Waals surface area contributed by atoms with E-state index in [1.165, 1.54) is 4.57 Å². The SMILES string of the molecule is CN(Cc1ccc(Cl)c(Cl)c1)Cn1nc2n(C)c(=O)c3ccccc3n2c1=S. The van der Waals surface area contributed by atoms with Gasteiger partial charge >= 0.3 is 0 Å². The van der Waals surface area contributed by atoms with E-state index >= 15 is 0 Å². The van der Waals surface area contributed by atoms with Gasteiger partial charge in [-0.1, -0.05) is 41.4 Å². The maximum atomic E-state index is 12.6. The maximum absolute atomic E-state index is 12.6. The summed E-state index contributed by atoms with van der Waals surface area (Å²) < 4.78 is 5.60. The van der Waals surface area contributed by atoms with Crippen molar-refractivity contribution in [2.75, 3.05) is 7.05 Å². The molecule has 0 saturated carbocycles. The summed E-state index contributed by atoms with van der Waals surface area (Å²) in [5, 5.41) is 6.25. The van der Waals surface area contributed by atoms with Crippen molar-refractivity contribution in [2.24, 2.45) is 7.05 Å². The molecule has 0 unspecified atom stereocenters. The van der Waals surface area contributed by atoms with Gasteiger partial charge in [0.1, 0.15) is 0 Å². The zero-order chi connectivity index (χ0) is 20.0. The zero-order valence-corrected chi connectivity index (χ0v) is 17.6. The molecule has 28 heavy (non-hydrogen) atoms. The van der Waals surface area contributed by atoms with E-state index in [4.69, 9.17) is 35.4 Å². The molecule has 0 bridgehead atoms. The van der Waals surface area contributed by atoms with Gasteiger partial charge in [-0.3, -0.25) is 18.7 Å². The average molecular weight is 434 g/mol. The second-order valence-electron chi connectivity index (χ2n) is 6.70. The normalized spacial score (nSPS) is 11.8. The monoisotopic (exact) mass is 433 g/mol. The number of aryl methyl sites for hydroxylation is 1. The Morgan fingerprint density at radius 3 is 2.64 bits per heavy atom. The molecule has 2 heterocycles. The van der Waals surface area contributed by atoms with Crippen LogP contribution in [-0.4, -0.2) is 30.7 Å². The van der Waals surface area contributed by atoms with Crippen LogP contribution in [0.25, 0.3) is 16.7 Å². The lowest BCUT2D eigenvalue weighted by atomic mass is 10.2. The summed E-state index contributed by atoms with van der Waals surface area (Å²) in [6.07, 6.45) is 0. The Hall–Kier alpha value is -2.19. The average Bonchev–Trinajstić information content (AvgIpc) is 2.99. The lowest BCUT2D eigenvalue weighted by Gasteiger charge is -2.16. The van der Waals surface area contributed by atoms with Gasteiger partial charge in [-0.05, 0) is 49.1 Å². The van der Waals surface area contributed by atoms with Gasteiger partial charge in [-0.25, -0.2) is 4.68 Å². The fourth-order valence-electron chi connectivity index (χ4n) is 3.27. The van der Waals surface area contributed by atoms with Crippen molar-refractivity contribution in [3.63, 3.8) is 0 Å². The molecule has 4 aromatic rings. The predicted molar refractivity (Wildman–Crippen MR) is 115 cm³/mol. The molecule has 0 radical (unpaired) electrons.